The van der Waals surface area contributed by atoms with E-state index in [0.717, 1.165) is 19.3 Å². The number of nitrogens with one attached hydrogen (secondary N) is 2. The lowest BCUT2D eigenvalue weighted by molar-refractivity contribution is -0.137. The molecule has 0 bridgehead atoms. The average Bonchev–Trinajstić information content (AvgIpc) is 2.40. The van der Waals surface area contributed by atoms with Gasteiger partial charge in [-0.1, -0.05) is 43.0 Å². The van der Waals surface area contributed by atoms with Crippen LogP contribution in [0.3, 0.4) is 0 Å². The number of hydrogen-bond acceptors (Lipinski definition) is 2. The minimum atomic E-state index is -0.703. The van der Waals surface area contributed by atoms with Crippen LogP contribution in [0.2, 0.25) is 10.0 Å². The van der Waals surface area contributed by atoms with E-state index in [0.29, 0.717) is 21.7 Å². The molecule has 1 aliphatic rings. The SMILES string of the molecule is C[C@H]1CCCC[C@@H]1NC(=O)C(=O)Nc1cc(Cl)cc(Cl)c1. The Morgan fingerprint density at radius 1 is 1.05 bits per heavy atom. The molecule has 2 rings (SSSR count). The van der Waals surface area contributed by atoms with Gasteiger partial charge in [-0.15, -0.1) is 0 Å². The van der Waals surface area contributed by atoms with Crippen LogP contribution in [-0.2, 0) is 9.59 Å². The summed E-state index contributed by atoms with van der Waals surface area (Å²) < 4.78 is 0. The predicted octanol–water partition coefficient (Wildman–Crippen LogP) is 3.63. The Hall–Kier alpha value is -1.26. The van der Waals surface area contributed by atoms with Crippen molar-refractivity contribution < 1.29 is 9.59 Å². The molecule has 1 aromatic carbocycles. The summed E-state index contributed by atoms with van der Waals surface area (Å²) in [5, 5.41) is 6.11. The van der Waals surface area contributed by atoms with E-state index in [1.54, 1.807) is 18.2 Å². The molecule has 1 fully saturated rings. The van der Waals surface area contributed by atoms with Crippen molar-refractivity contribution >= 4 is 40.7 Å². The van der Waals surface area contributed by atoms with Crippen LogP contribution in [0.5, 0.6) is 0 Å². The fourth-order valence-corrected chi connectivity index (χ4v) is 3.10. The highest BCUT2D eigenvalue weighted by molar-refractivity contribution is 6.40. The molecule has 0 spiro atoms. The Labute approximate surface area is 134 Å². The minimum absolute atomic E-state index is 0.0694. The van der Waals surface area contributed by atoms with E-state index in [9.17, 15) is 9.59 Å². The van der Waals surface area contributed by atoms with Gasteiger partial charge in [0.1, 0.15) is 0 Å². The number of anilines is 1. The quantitative estimate of drug-likeness (QED) is 0.814. The van der Waals surface area contributed by atoms with E-state index >= 15 is 0 Å². The highest BCUT2D eigenvalue weighted by Gasteiger charge is 2.25. The van der Waals surface area contributed by atoms with Crippen LogP contribution in [0.15, 0.2) is 18.2 Å². The van der Waals surface area contributed by atoms with Crippen LogP contribution < -0.4 is 10.6 Å². The third-order valence-corrected chi connectivity index (χ3v) is 4.19. The molecule has 1 aliphatic carbocycles. The maximum atomic E-state index is 11.9. The summed E-state index contributed by atoms with van der Waals surface area (Å²) in [6, 6.07) is 4.71. The van der Waals surface area contributed by atoms with E-state index in [1.807, 2.05) is 0 Å². The first-order chi connectivity index (χ1) is 9.95. The first-order valence-electron chi connectivity index (χ1n) is 7.03. The van der Waals surface area contributed by atoms with Crippen molar-refractivity contribution in [2.24, 2.45) is 5.92 Å². The number of rotatable bonds is 2. The van der Waals surface area contributed by atoms with Crippen molar-refractivity contribution in [3.8, 4) is 0 Å². The Balaban J connectivity index is 1.94. The molecule has 4 nitrogen and oxygen atoms in total. The molecule has 0 heterocycles. The topological polar surface area (TPSA) is 58.2 Å². The summed E-state index contributed by atoms with van der Waals surface area (Å²) in [6.07, 6.45) is 4.27. The summed E-state index contributed by atoms with van der Waals surface area (Å²) in [7, 11) is 0. The van der Waals surface area contributed by atoms with Crippen LogP contribution in [0.25, 0.3) is 0 Å². The Morgan fingerprint density at radius 3 is 2.29 bits per heavy atom. The summed E-state index contributed by atoms with van der Waals surface area (Å²) in [6.45, 7) is 2.10. The third kappa shape index (κ3) is 4.61. The van der Waals surface area contributed by atoms with E-state index in [-0.39, 0.29) is 6.04 Å². The Morgan fingerprint density at radius 2 is 1.67 bits per heavy atom. The first-order valence-corrected chi connectivity index (χ1v) is 7.79. The average molecular weight is 329 g/mol. The predicted molar refractivity (Wildman–Crippen MR) is 84.7 cm³/mol. The summed E-state index contributed by atoms with van der Waals surface area (Å²) in [5.74, 6) is -0.924. The lowest BCUT2D eigenvalue weighted by Gasteiger charge is -2.29. The molecule has 0 aliphatic heterocycles. The number of benzene rings is 1. The zero-order valence-electron chi connectivity index (χ0n) is 11.8. The van der Waals surface area contributed by atoms with Gasteiger partial charge in [-0.2, -0.15) is 0 Å². The van der Waals surface area contributed by atoms with Crippen molar-refractivity contribution in [2.45, 2.75) is 38.6 Å². The lowest BCUT2D eigenvalue weighted by Crippen LogP contribution is -2.45. The van der Waals surface area contributed by atoms with Crippen LogP contribution in [0, 0.1) is 5.92 Å². The number of halogens is 2. The molecule has 2 N–H and O–H groups in total. The zero-order valence-corrected chi connectivity index (χ0v) is 13.3. The molecule has 0 unspecified atom stereocenters. The molecule has 114 valence electrons. The fourth-order valence-electron chi connectivity index (χ4n) is 2.58. The molecule has 1 aromatic rings. The first kappa shape index (κ1) is 16.1. The second-order valence-corrected chi connectivity index (χ2v) is 6.33. The van der Waals surface area contributed by atoms with Gasteiger partial charge in [0.25, 0.3) is 0 Å². The van der Waals surface area contributed by atoms with Crippen molar-refractivity contribution in [1.82, 2.24) is 5.32 Å². The minimum Gasteiger partial charge on any atom is -0.345 e. The molecular weight excluding hydrogens is 311 g/mol. The second-order valence-electron chi connectivity index (χ2n) is 5.45. The molecule has 21 heavy (non-hydrogen) atoms. The normalized spacial score (nSPS) is 21.7. The monoisotopic (exact) mass is 328 g/mol. The van der Waals surface area contributed by atoms with E-state index < -0.39 is 11.8 Å². The molecule has 0 saturated heterocycles. The van der Waals surface area contributed by atoms with Crippen LogP contribution in [0.4, 0.5) is 5.69 Å². The molecule has 6 heteroatoms. The Kier molecular flexibility index (Phi) is 5.48. The zero-order chi connectivity index (χ0) is 15.4. The van der Waals surface area contributed by atoms with Crippen LogP contribution >= 0.6 is 23.2 Å². The standard InChI is InChI=1S/C15H18Cl2N2O2/c1-9-4-2-3-5-13(9)19-15(21)14(20)18-12-7-10(16)6-11(17)8-12/h6-9,13H,2-5H2,1H3,(H,18,20)(H,19,21)/t9-,13-/m0/s1. The lowest BCUT2D eigenvalue weighted by atomic mass is 9.86. The summed E-state index contributed by atoms with van der Waals surface area (Å²) in [5.41, 5.74) is 0.407. The summed E-state index contributed by atoms with van der Waals surface area (Å²) in [4.78, 5) is 23.8. The van der Waals surface area contributed by atoms with E-state index in [4.69, 9.17) is 23.2 Å². The van der Waals surface area contributed by atoms with Crippen molar-refractivity contribution in [3.05, 3.63) is 28.2 Å². The van der Waals surface area contributed by atoms with Crippen molar-refractivity contribution in [2.75, 3.05) is 5.32 Å². The van der Waals surface area contributed by atoms with Gasteiger partial charge in [-0.05, 0) is 37.0 Å². The number of amides is 2. The Bertz CT molecular complexity index is 528. The van der Waals surface area contributed by atoms with E-state index in [2.05, 4.69) is 17.6 Å². The van der Waals surface area contributed by atoms with Gasteiger partial charge < -0.3 is 10.6 Å². The number of carbonyl (C=O) groups excluding carboxylic acids is 2. The molecule has 2 amide bonds. The molecule has 0 radical (unpaired) electrons. The molecule has 0 aromatic heterocycles. The van der Waals surface area contributed by atoms with Crippen molar-refractivity contribution in [1.29, 1.82) is 0 Å². The van der Waals surface area contributed by atoms with Gasteiger partial charge in [-0.25, -0.2) is 0 Å². The van der Waals surface area contributed by atoms with Gasteiger partial charge in [-0.3, -0.25) is 9.59 Å². The maximum Gasteiger partial charge on any atom is 0.313 e. The van der Waals surface area contributed by atoms with Crippen LogP contribution in [0.1, 0.15) is 32.6 Å². The number of hydrogen-bond donors (Lipinski definition) is 2. The van der Waals surface area contributed by atoms with Gasteiger partial charge in [0, 0.05) is 21.8 Å². The highest BCUT2D eigenvalue weighted by atomic mass is 35.5. The van der Waals surface area contributed by atoms with Crippen molar-refractivity contribution in [3.63, 3.8) is 0 Å². The fraction of sp³-hybridized carbons (Fsp3) is 0.467. The maximum absolute atomic E-state index is 11.9. The van der Waals surface area contributed by atoms with Gasteiger partial charge in [0.05, 0.1) is 0 Å². The molecule has 1 saturated carbocycles. The smallest absolute Gasteiger partial charge is 0.313 e. The largest absolute Gasteiger partial charge is 0.345 e. The second kappa shape index (κ2) is 7.14. The molecule has 2 atom stereocenters. The third-order valence-electron chi connectivity index (χ3n) is 3.75. The van der Waals surface area contributed by atoms with E-state index in [1.165, 1.54) is 6.42 Å². The number of carbonyl (C=O) groups is 2. The van der Waals surface area contributed by atoms with Gasteiger partial charge in [0.2, 0.25) is 0 Å². The highest BCUT2D eigenvalue weighted by Crippen LogP contribution is 2.24. The van der Waals surface area contributed by atoms with Gasteiger partial charge in [0.15, 0.2) is 0 Å². The van der Waals surface area contributed by atoms with Gasteiger partial charge >= 0.3 is 11.8 Å². The summed E-state index contributed by atoms with van der Waals surface area (Å²) >= 11 is 11.7. The van der Waals surface area contributed by atoms with Crippen LogP contribution in [-0.4, -0.2) is 17.9 Å². The molecular formula is C15H18Cl2N2O2.